The Hall–Kier alpha value is -2.26. The van der Waals surface area contributed by atoms with Gasteiger partial charge in [0.1, 0.15) is 24.3 Å². The lowest BCUT2D eigenvalue weighted by atomic mass is 9.94. The SMILES string of the molecule is CNCC(O)COc1cccc(-c2nc(CC3CCOCC3)cc(N(C3CC3)[C@@H]3CCOC3)n2)c1. The van der Waals surface area contributed by atoms with E-state index < -0.39 is 6.10 Å². The second-order valence-electron chi connectivity index (χ2n) is 10.0. The number of hydrogen-bond donors (Lipinski definition) is 2. The van der Waals surface area contributed by atoms with Gasteiger partial charge in [-0.2, -0.15) is 0 Å². The smallest absolute Gasteiger partial charge is 0.161 e. The van der Waals surface area contributed by atoms with Crippen LogP contribution in [0.5, 0.6) is 5.75 Å². The van der Waals surface area contributed by atoms with Crippen LogP contribution in [-0.4, -0.2) is 79.9 Å². The van der Waals surface area contributed by atoms with Crippen LogP contribution in [0.15, 0.2) is 30.3 Å². The molecule has 2 saturated heterocycles. The molecule has 1 aliphatic carbocycles. The molecule has 35 heavy (non-hydrogen) atoms. The fraction of sp³-hybridized carbons (Fsp3) is 0.630. The largest absolute Gasteiger partial charge is 0.491 e. The minimum atomic E-state index is -0.560. The van der Waals surface area contributed by atoms with E-state index in [0.717, 1.165) is 75.0 Å². The number of aliphatic hydroxyl groups is 1. The summed E-state index contributed by atoms with van der Waals surface area (Å²) in [6, 6.07) is 11.0. The molecule has 3 fully saturated rings. The molecule has 3 aliphatic rings. The number of aliphatic hydroxyl groups excluding tert-OH is 1. The van der Waals surface area contributed by atoms with Crippen LogP contribution < -0.4 is 15.0 Å². The maximum absolute atomic E-state index is 10.0. The van der Waals surface area contributed by atoms with Crippen LogP contribution in [0, 0.1) is 5.92 Å². The highest BCUT2D eigenvalue weighted by molar-refractivity contribution is 5.61. The molecule has 8 nitrogen and oxygen atoms in total. The molecule has 0 amide bonds. The van der Waals surface area contributed by atoms with Crippen molar-refractivity contribution in [1.82, 2.24) is 15.3 Å². The summed E-state index contributed by atoms with van der Waals surface area (Å²) in [5, 5.41) is 13.0. The van der Waals surface area contributed by atoms with Gasteiger partial charge in [-0.05, 0) is 63.6 Å². The summed E-state index contributed by atoms with van der Waals surface area (Å²) in [5.41, 5.74) is 2.02. The summed E-state index contributed by atoms with van der Waals surface area (Å²) in [6.45, 7) is 3.98. The fourth-order valence-electron chi connectivity index (χ4n) is 5.07. The third-order valence-corrected chi connectivity index (χ3v) is 7.08. The summed E-state index contributed by atoms with van der Waals surface area (Å²) >= 11 is 0. The van der Waals surface area contributed by atoms with Gasteiger partial charge in [-0.15, -0.1) is 0 Å². The topological polar surface area (TPSA) is 89.0 Å². The molecule has 0 spiro atoms. The number of rotatable bonds is 11. The number of likely N-dealkylation sites (N-methyl/N-ethyl adjacent to an activating group) is 1. The van der Waals surface area contributed by atoms with Crippen LogP contribution >= 0.6 is 0 Å². The zero-order valence-electron chi connectivity index (χ0n) is 20.7. The quantitative estimate of drug-likeness (QED) is 0.506. The summed E-state index contributed by atoms with van der Waals surface area (Å²) in [7, 11) is 1.81. The zero-order chi connectivity index (χ0) is 24.0. The van der Waals surface area contributed by atoms with E-state index >= 15 is 0 Å². The molecule has 190 valence electrons. The van der Waals surface area contributed by atoms with E-state index in [0.29, 0.717) is 30.3 Å². The Morgan fingerprint density at radius 2 is 1.89 bits per heavy atom. The molecule has 2 N–H and O–H groups in total. The number of benzene rings is 1. The van der Waals surface area contributed by atoms with Gasteiger partial charge < -0.3 is 29.5 Å². The van der Waals surface area contributed by atoms with Crippen LogP contribution in [0.2, 0.25) is 0 Å². The highest BCUT2D eigenvalue weighted by Crippen LogP contribution is 2.36. The molecule has 1 aromatic carbocycles. The maximum Gasteiger partial charge on any atom is 0.161 e. The van der Waals surface area contributed by atoms with E-state index in [-0.39, 0.29) is 6.61 Å². The Morgan fingerprint density at radius 3 is 2.63 bits per heavy atom. The molecule has 2 aromatic rings. The first-order valence-electron chi connectivity index (χ1n) is 13.1. The zero-order valence-corrected chi connectivity index (χ0v) is 20.7. The van der Waals surface area contributed by atoms with Gasteiger partial charge >= 0.3 is 0 Å². The first-order chi connectivity index (χ1) is 17.2. The molecule has 1 aromatic heterocycles. The standard InChI is InChI=1S/C27H38N4O4/c1-28-16-24(32)18-35-25-4-2-3-20(14-25)27-29-21(13-19-7-10-33-11-8-19)15-26(30-27)31(22-5-6-22)23-9-12-34-17-23/h2-4,14-15,19,22-24,28,32H,5-13,16-18H2,1H3/t23-,24?/m1/s1. The predicted molar refractivity (Wildman–Crippen MR) is 135 cm³/mol. The Morgan fingerprint density at radius 1 is 1.06 bits per heavy atom. The summed E-state index contributed by atoms with van der Waals surface area (Å²) in [4.78, 5) is 12.6. The number of ether oxygens (including phenoxy) is 3. The monoisotopic (exact) mass is 482 g/mol. The second-order valence-corrected chi connectivity index (χ2v) is 10.0. The second kappa shape index (κ2) is 11.6. The van der Waals surface area contributed by atoms with E-state index in [1.54, 1.807) is 0 Å². The van der Waals surface area contributed by atoms with Crippen LogP contribution in [0.3, 0.4) is 0 Å². The number of anilines is 1. The Bertz CT molecular complexity index is 958. The first kappa shape index (κ1) is 24.4. The molecule has 2 atom stereocenters. The van der Waals surface area contributed by atoms with Crippen molar-refractivity contribution in [2.24, 2.45) is 5.92 Å². The van der Waals surface area contributed by atoms with Crippen LogP contribution in [0.4, 0.5) is 5.82 Å². The molecular weight excluding hydrogens is 444 g/mol. The van der Waals surface area contributed by atoms with Gasteiger partial charge in [0.15, 0.2) is 5.82 Å². The van der Waals surface area contributed by atoms with Gasteiger partial charge in [0.05, 0.1) is 12.6 Å². The Labute approximate surface area is 208 Å². The minimum Gasteiger partial charge on any atom is -0.491 e. The van der Waals surface area contributed by atoms with E-state index in [4.69, 9.17) is 24.2 Å². The van der Waals surface area contributed by atoms with E-state index in [9.17, 15) is 5.11 Å². The molecule has 5 rings (SSSR count). The Kier molecular flexibility index (Phi) is 8.13. The summed E-state index contributed by atoms with van der Waals surface area (Å²) in [6.07, 6.45) is 6.01. The highest BCUT2D eigenvalue weighted by Gasteiger charge is 2.37. The molecular formula is C27H38N4O4. The summed E-state index contributed by atoms with van der Waals surface area (Å²) < 4.78 is 17.2. The molecule has 1 saturated carbocycles. The molecule has 3 heterocycles. The average Bonchev–Trinajstić information content (AvgIpc) is 3.56. The molecule has 1 unspecified atom stereocenters. The number of hydrogen-bond acceptors (Lipinski definition) is 8. The number of aromatic nitrogens is 2. The van der Waals surface area contributed by atoms with Gasteiger partial charge in [-0.25, -0.2) is 9.97 Å². The van der Waals surface area contributed by atoms with E-state index in [1.165, 1.54) is 12.8 Å². The van der Waals surface area contributed by atoms with Crippen molar-refractivity contribution in [3.05, 3.63) is 36.0 Å². The van der Waals surface area contributed by atoms with Crippen LogP contribution in [-0.2, 0) is 15.9 Å². The first-order valence-corrected chi connectivity index (χ1v) is 13.1. The van der Waals surface area contributed by atoms with Gasteiger partial charge in [0.2, 0.25) is 0 Å². The van der Waals surface area contributed by atoms with Gasteiger partial charge in [0.25, 0.3) is 0 Å². The number of nitrogens with zero attached hydrogens (tertiary/aromatic N) is 3. The van der Waals surface area contributed by atoms with Gasteiger partial charge in [-0.1, -0.05) is 12.1 Å². The van der Waals surface area contributed by atoms with Gasteiger partial charge in [-0.3, -0.25) is 0 Å². The van der Waals surface area contributed by atoms with E-state index in [2.05, 4.69) is 16.3 Å². The third kappa shape index (κ3) is 6.50. The Balaban J connectivity index is 1.43. The van der Waals surface area contributed by atoms with Crippen molar-refractivity contribution in [2.45, 2.75) is 56.7 Å². The van der Waals surface area contributed by atoms with Crippen molar-refractivity contribution in [1.29, 1.82) is 0 Å². The average molecular weight is 483 g/mol. The lowest BCUT2D eigenvalue weighted by molar-refractivity contribution is 0.0663. The highest BCUT2D eigenvalue weighted by atomic mass is 16.5. The van der Waals surface area contributed by atoms with Crippen molar-refractivity contribution in [3.8, 4) is 17.1 Å². The van der Waals surface area contributed by atoms with Gasteiger partial charge in [0, 0.05) is 49.7 Å². The molecule has 0 radical (unpaired) electrons. The van der Waals surface area contributed by atoms with Crippen LogP contribution in [0.25, 0.3) is 11.4 Å². The minimum absolute atomic E-state index is 0.233. The van der Waals surface area contributed by atoms with Crippen molar-refractivity contribution in [2.75, 3.05) is 51.5 Å². The molecule has 8 heteroatoms. The maximum atomic E-state index is 10.0. The third-order valence-electron chi connectivity index (χ3n) is 7.08. The van der Waals surface area contributed by atoms with Crippen molar-refractivity contribution >= 4 is 5.82 Å². The summed E-state index contributed by atoms with van der Waals surface area (Å²) in [5.74, 6) is 3.05. The van der Waals surface area contributed by atoms with Crippen molar-refractivity contribution < 1.29 is 19.3 Å². The normalized spacial score (nSPS) is 21.7. The lowest BCUT2D eigenvalue weighted by Crippen LogP contribution is -2.38. The molecule has 0 bridgehead atoms. The van der Waals surface area contributed by atoms with E-state index in [1.807, 2.05) is 31.3 Å². The van der Waals surface area contributed by atoms with Crippen molar-refractivity contribution in [3.63, 3.8) is 0 Å². The van der Waals surface area contributed by atoms with Crippen LogP contribution in [0.1, 0.15) is 37.8 Å². The fourth-order valence-corrected chi connectivity index (χ4v) is 5.07. The lowest BCUT2D eigenvalue weighted by Gasteiger charge is -2.30. The molecule has 2 aliphatic heterocycles. The number of nitrogens with one attached hydrogen (secondary N) is 1. The predicted octanol–water partition coefficient (Wildman–Crippen LogP) is 2.83.